The van der Waals surface area contributed by atoms with Crippen molar-refractivity contribution in [2.45, 2.75) is 12.5 Å². The molecule has 1 aliphatic rings. The van der Waals surface area contributed by atoms with Gasteiger partial charge in [-0.3, -0.25) is 0 Å². The van der Waals surface area contributed by atoms with E-state index in [2.05, 4.69) is 10.3 Å². The van der Waals surface area contributed by atoms with Crippen molar-refractivity contribution in [2.24, 2.45) is 0 Å². The summed E-state index contributed by atoms with van der Waals surface area (Å²) < 4.78 is 5.15. The quantitative estimate of drug-likeness (QED) is 0.780. The van der Waals surface area contributed by atoms with Crippen LogP contribution in [0.1, 0.15) is 17.4 Å². The Morgan fingerprint density at radius 2 is 2.23 bits per heavy atom. The fraction of sp³-hybridized carbons (Fsp3) is 0.571. The third-order valence-electron chi connectivity index (χ3n) is 1.97. The summed E-state index contributed by atoms with van der Waals surface area (Å²) in [4.78, 5) is 3.89. The molecule has 0 radical (unpaired) electrons. The molecule has 1 fully saturated rings. The molecule has 0 unspecified atom stereocenters. The molecule has 0 aromatic carbocycles. The van der Waals surface area contributed by atoms with Crippen molar-refractivity contribution in [3.05, 3.63) is 17.8 Å². The topological polar surface area (TPSA) is 58.3 Å². The van der Waals surface area contributed by atoms with Crippen molar-refractivity contribution in [1.29, 1.82) is 0 Å². The second kappa shape index (κ2) is 5.44. The van der Waals surface area contributed by atoms with Crippen LogP contribution < -0.4 is 5.32 Å². The number of hydrogen-bond donors (Lipinski definition) is 2. The Balaban J connectivity index is 0.000000720. The molecule has 1 saturated heterocycles. The minimum atomic E-state index is -0.0255. The fourth-order valence-electron chi connectivity index (χ4n) is 1.20. The summed E-state index contributed by atoms with van der Waals surface area (Å²) >= 11 is 0. The van der Waals surface area contributed by atoms with Gasteiger partial charge in [-0.1, -0.05) is 0 Å². The molecule has 2 heterocycles. The van der Waals surface area contributed by atoms with Gasteiger partial charge in [-0.25, -0.2) is 4.98 Å². The minimum absolute atomic E-state index is 0. The highest BCUT2D eigenvalue weighted by Crippen LogP contribution is 2.22. The van der Waals surface area contributed by atoms with Gasteiger partial charge in [-0.2, -0.15) is 0 Å². The van der Waals surface area contributed by atoms with E-state index >= 15 is 0 Å². The fourth-order valence-corrected chi connectivity index (χ4v) is 1.20. The average Bonchev–Trinajstić information content (AvgIpc) is 2.32. The lowest BCUT2D eigenvalue weighted by atomic mass is 9.99. The molecular weight excluding hydrogens is 215 g/mol. The molecule has 76 valence electrons. The molecule has 2 rings (SSSR count). The Labute approximate surface area is 88.5 Å². The lowest BCUT2D eigenvalue weighted by Crippen LogP contribution is -2.40. The predicted molar refractivity (Wildman–Crippen MR) is 52.5 cm³/mol. The van der Waals surface area contributed by atoms with Crippen molar-refractivity contribution < 1.29 is 9.52 Å². The molecule has 0 saturated carbocycles. The van der Waals surface area contributed by atoms with Crippen LogP contribution in [0, 0.1) is 0 Å². The summed E-state index contributed by atoms with van der Waals surface area (Å²) in [6.07, 6.45) is 1.39. The Bertz CT molecular complexity index is 250. The molecule has 0 aliphatic carbocycles. The van der Waals surface area contributed by atoms with Crippen LogP contribution in [0.15, 0.2) is 10.8 Å². The number of halogens is 2. The Hall–Kier alpha value is -0.290. The van der Waals surface area contributed by atoms with Gasteiger partial charge in [-0.15, -0.1) is 24.8 Å². The van der Waals surface area contributed by atoms with Gasteiger partial charge >= 0.3 is 0 Å². The summed E-state index contributed by atoms with van der Waals surface area (Å²) in [5.41, 5.74) is 0.677. The van der Waals surface area contributed by atoms with Crippen LogP contribution >= 0.6 is 24.8 Å². The number of aliphatic hydroxyl groups is 1. The molecule has 6 heteroatoms. The molecule has 4 nitrogen and oxygen atoms in total. The van der Waals surface area contributed by atoms with Crippen molar-refractivity contribution in [2.75, 3.05) is 13.1 Å². The monoisotopic (exact) mass is 226 g/mol. The highest BCUT2D eigenvalue weighted by atomic mass is 35.5. The van der Waals surface area contributed by atoms with Crippen molar-refractivity contribution >= 4 is 24.8 Å². The summed E-state index contributed by atoms with van der Waals surface area (Å²) in [6, 6.07) is 0. The number of hydrogen-bond acceptors (Lipinski definition) is 4. The molecule has 0 bridgehead atoms. The number of aromatic nitrogens is 1. The van der Waals surface area contributed by atoms with Gasteiger partial charge in [-0.05, 0) is 0 Å². The highest BCUT2D eigenvalue weighted by Gasteiger charge is 2.25. The molecule has 0 amide bonds. The SMILES string of the molecule is Cl.Cl.OCc1ncoc1C1CNC1. The van der Waals surface area contributed by atoms with Crippen LogP contribution in [0.25, 0.3) is 0 Å². The van der Waals surface area contributed by atoms with E-state index in [4.69, 9.17) is 9.52 Å². The standard InChI is InChI=1S/C7H10N2O2.2ClH/c10-3-6-7(11-4-9-6)5-1-8-2-5;;/h4-5,8,10H,1-3H2;2*1H. The maximum atomic E-state index is 8.83. The third-order valence-corrected chi connectivity index (χ3v) is 1.97. The van der Waals surface area contributed by atoms with Gasteiger partial charge < -0.3 is 14.8 Å². The van der Waals surface area contributed by atoms with E-state index in [1.54, 1.807) is 0 Å². The molecule has 1 aromatic rings. The molecular formula is C7H12Cl2N2O2. The first-order chi connectivity index (χ1) is 5.42. The maximum Gasteiger partial charge on any atom is 0.181 e. The molecule has 2 N–H and O–H groups in total. The Morgan fingerprint density at radius 1 is 1.54 bits per heavy atom. The van der Waals surface area contributed by atoms with Crippen molar-refractivity contribution in [3.63, 3.8) is 0 Å². The Morgan fingerprint density at radius 3 is 2.69 bits per heavy atom. The van der Waals surface area contributed by atoms with Gasteiger partial charge in [0.1, 0.15) is 11.5 Å². The first kappa shape index (κ1) is 12.7. The van der Waals surface area contributed by atoms with Gasteiger partial charge in [0.25, 0.3) is 0 Å². The highest BCUT2D eigenvalue weighted by molar-refractivity contribution is 5.85. The van der Waals surface area contributed by atoms with Crippen LogP contribution in [-0.4, -0.2) is 23.2 Å². The lowest BCUT2D eigenvalue weighted by molar-refractivity contribution is 0.269. The molecule has 1 aliphatic heterocycles. The van der Waals surface area contributed by atoms with E-state index in [9.17, 15) is 0 Å². The van der Waals surface area contributed by atoms with E-state index in [1.165, 1.54) is 6.39 Å². The minimum Gasteiger partial charge on any atom is -0.448 e. The average molecular weight is 227 g/mol. The second-order valence-electron chi connectivity index (χ2n) is 2.68. The summed E-state index contributed by atoms with van der Waals surface area (Å²) in [5.74, 6) is 1.26. The van der Waals surface area contributed by atoms with Crippen LogP contribution in [-0.2, 0) is 6.61 Å². The zero-order valence-electron chi connectivity index (χ0n) is 6.90. The first-order valence-corrected chi connectivity index (χ1v) is 3.65. The van der Waals surface area contributed by atoms with Gasteiger partial charge in [0.2, 0.25) is 0 Å². The van der Waals surface area contributed by atoms with Crippen LogP contribution in [0.4, 0.5) is 0 Å². The largest absolute Gasteiger partial charge is 0.448 e. The second-order valence-corrected chi connectivity index (χ2v) is 2.68. The van der Waals surface area contributed by atoms with Crippen molar-refractivity contribution in [3.8, 4) is 0 Å². The molecule has 0 atom stereocenters. The third kappa shape index (κ3) is 2.34. The number of nitrogens with zero attached hydrogens (tertiary/aromatic N) is 1. The van der Waals surface area contributed by atoms with E-state index < -0.39 is 0 Å². The van der Waals surface area contributed by atoms with E-state index in [1.807, 2.05) is 0 Å². The summed E-state index contributed by atoms with van der Waals surface area (Å²) in [7, 11) is 0. The zero-order valence-corrected chi connectivity index (χ0v) is 8.53. The Kier molecular flexibility index (Phi) is 5.32. The van der Waals surface area contributed by atoms with Crippen LogP contribution in [0.5, 0.6) is 0 Å². The maximum absolute atomic E-state index is 8.83. The summed E-state index contributed by atoms with van der Waals surface area (Å²) in [5, 5.41) is 12.0. The van der Waals surface area contributed by atoms with Gasteiger partial charge in [0.05, 0.1) is 6.61 Å². The number of oxazole rings is 1. The number of aliphatic hydroxyl groups excluding tert-OH is 1. The normalized spacial score (nSPS) is 15.5. The van der Waals surface area contributed by atoms with E-state index in [0.29, 0.717) is 11.6 Å². The smallest absolute Gasteiger partial charge is 0.181 e. The number of rotatable bonds is 2. The van der Waals surface area contributed by atoms with Gasteiger partial charge in [0, 0.05) is 19.0 Å². The zero-order chi connectivity index (χ0) is 7.68. The van der Waals surface area contributed by atoms with Crippen LogP contribution in [0.3, 0.4) is 0 Å². The molecule has 1 aromatic heterocycles. The van der Waals surface area contributed by atoms with E-state index in [-0.39, 0.29) is 31.4 Å². The predicted octanol–water partition coefficient (Wildman–Crippen LogP) is 0.697. The first-order valence-electron chi connectivity index (χ1n) is 3.65. The molecule has 13 heavy (non-hydrogen) atoms. The lowest BCUT2D eigenvalue weighted by Gasteiger charge is -2.25. The molecule has 0 spiro atoms. The number of nitrogens with one attached hydrogen (secondary N) is 1. The van der Waals surface area contributed by atoms with Crippen molar-refractivity contribution in [1.82, 2.24) is 10.3 Å². The van der Waals surface area contributed by atoms with E-state index in [0.717, 1.165) is 18.8 Å². The van der Waals surface area contributed by atoms with Gasteiger partial charge in [0.15, 0.2) is 6.39 Å². The van der Waals surface area contributed by atoms with Crippen LogP contribution in [0.2, 0.25) is 0 Å². The summed E-state index contributed by atoms with van der Waals surface area (Å²) in [6.45, 7) is 1.84.